The van der Waals surface area contributed by atoms with Gasteiger partial charge < -0.3 is 9.40 Å². The van der Waals surface area contributed by atoms with E-state index < -0.39 is 0 Å². The molecular weight excluding hydrogens is 292 g/mol. The highest BCUT2D eigenvalue weighted by Gasteiger charge is 2.14. The predicted molar refractivity (Wildman–Crippen MR) is 87.9 cm³/mol. The monoisotopic (exact) mass is 310 g/mol. The minimum Gasteiger partial charge on any atom is -0.469 e. The first-order valence-corrected chi connectivity index (χ1v) is 7.56. The molecule has 0 saturated carbocycles. The van der Waals surface area contributed by atoms with Crippen LogP contribution in [-0.2, 0) is 6.42 Å². The molecule has 0 aliphatic rings. The summed E-state index contributed by atoms with van der Waals surface area (Å²) in [5, 5.41) is 0.548. The van der Waals surface area contributed by atoms with Crippen molar-refractivity contribution in [2.24, 2.45) is 0 Å². The van der Waals surface area contributed by atoms with Gasteiger partial charge in [0.15, 0.2) is 5.78 Å². The number of rotatable bonds is 4. The molecule has 0 spiro atoms. The van der Waals surface area contributed by atoms with E-state index in [1.165, 1.54) is 6.26 Å². The fourth-order valence-corrected chi connectivity index (χ4v) is 2.57. The highest BCUT2D eigenvalue weighted by Crippen LogP contribution is 2.18. The number of ketones is 1. The van der Waals surface area contributed by atoms with E-state index in [9.17, 15) is 9.59 Å². The first-order chi connectivity index (χ1) is 11.0. The molecule has 0 aliphatic carbocycles. The number of Topliss-reactive ketones (excluding diaryl/α,β-unsaturated/α-hetero) is 1. The van der Waals surface area contributed by atoms with Crippen molar-refractivity contribution in [1.82, 2.24) is 9.97 Å². The highest BCUT2D eigenvalue weighted by atomic mass is 16.3. The Morgan fingerprint density at radius 1 is 1.30 bits per heavy atom. The van der Waals surface area contributed by atoms with Gasteiger partial charge in [0.05, 0.1) is 29.2 Å². The van der Waals surface area contributed by atoms with E-state index in [-0.39, 0.29) is 17.8 Å². The minimum atomic E-state index is -0.218. The molecule has 0 unspecified atom stereocenters. The quantitative estimate of drug-likeness (QED) is 0.750. The summed E-state index contributed by atoms with van der Waals surface area (Å²) in [7, 11) is 0. The molecule has 0 amide bonds. The van der Waals surface area contributed by atoms with Gasteiger partial charge in [0.25, 0.3) is 5.56 Å². The van der Waals surface area contributed by atoms with Crippen molar-refractivity contribution in [3.8, 4) is 0 Å². The summed E-state index contributed by atoms with van der Waals surface area (Å²) in [6, 6.07) is 7.28. The summed E-state index contributed by atoms with van der Waals surface area (Å²) in [6.45, 7) is 5.88. The van der Waals surface area contributed by atoms with Crippen molar-refractivity contribution < 1.29 is 9.21 Å². The van der Waals surface area contributed by atoms with Gasteiger partial charge in [-0.05, 0) is 36.6 Å². The topological polar surface area (TPSA) is 76.0 Å². The maximum Gasteiger partial charge on any atom is 0.258 e. The summed E-state index contributed by atoms with van der Waals surface area (Å²) >= 11 is 0. The Morgan fingerprint density at radius 3 is 2.74 bits per heavy atom. The summed E-state index contributed by atoms with van der Waals surface area (Å²) < 4.78 is 5.14. The van der Waals surface area contributed by atoms with Crippen molar-refractivity contribution in [2.45, 2.75) is 33.1 Å². The smallest absolute Gasteiger partial charge is 0.258 e. The molecule has 118 valence electrons. The average Bonchev–Trinajstić information content (AvgIpc) is 2.93. The van der Waals surface area contributed by atoms with E-state index in [1.807, 2.05) is 18.2 Å². The number of aromatic amines is 1. The van der Waals surface area contributed by atoms with E-state index in [2.05, 4.69) is 23.8 Å². The Morgan fingerprint density at radius 2 is 2.09 bits per heavy atom. The molecule has 1 aromatic carbocycles. The summed E-state index contributed by atoms with van der Waals surface area (Å²) in [5.74, 6) is 1.15. The van der Waals surface area contributed by atoms with Crippen LogP contribution in [0.3, 0.4) is 0 Å². The Kier molecular flexibility index (Phi) is 3.86. The summed E-state index contributed by atoms with van der Waals surface area (Å²) in [5.41, 5.74) is 1.99. The third-order valence-corrected chi connectivity index (χ3v) is 3.93. The van der Waals surface area contributed by atoms with Gasteiger partial charge in [-0.15, -0.1) is 0 Å². The number of carbonyl (C=O) groups is 1. The van der Waals surface area contributed by atoms with Crippen molar-refractivity contribution in [1.29, 1.82) is 0 Å². The third kappa shape index (κ3) is 2.95. The molecule has 1 N–H and O–H groups in total. The SMILES string of the molecule is Cc1occc1C(=O)Cc1nc2ccc(C(C)C)cc2c(=O)[nH]1. The zero-order valence-electron chi connectivity index (χ0n) is 13.3. The molecule has 2 aromatic heterocycles. The summed E-state index contributed by atoms with van der Waals surface area (Å²) in [6.07, 6.45) is 1.52. The molecule has 5 heteroatoms. The first-order valence-electron chi connectivity index (χ1n) is 7.56. The lowest BCUT2D eigenvalue weighted by Gasteiger charge is -2.07. The van der Waals surface area contributed by atoms with Crippen molar-refractivity contribution in [2.75, 3.05) is 0 Å². The van der Waals surface area contributed by atoms with Gasteiger partial charge in [0.2, 0.25) is 0 Å². The molecule has 0 fully saturated rings. The maximum atomic E-state index is 12.3. The number of hydrogen-bond donors (Lipinski definition) is 1. The van der Waals surface area contributed by atoms with E-state index in [0.717, 1.165) is 5.56 Å². The molecule has 0 radical (unpaired) electrons. The lowest BCUT2D eigenvalue weighted by Crippen LogP contribution is -2.15. The first kappa shape index (κ1) is 15.2. The normalized spacial score (nSPS) is 11.3. The molecular formula is C18H18N2O3. The number of H-pyrrole nitrogens is 1. The molecule has 5 nitrogen and oxygen atoms in total. The maximum absolute atomic E-state index is 12.3. The number of nitrogens with zero attached hydrogens (tertiary/aromatic N) is 1. The number of benzene rings is 1. The zero-order chi connectivity index (χ0) is 16.6. The molecule has 0 bridgehead atoms. The van der Waals surface area contributed by atoms with Gasteiger partial charge in [-0.1, -0.05) is 19.9 Å². The van der Waals surface area contributed by atoms with E-state index in [4.69, 9.17) is 4.42 Å². The van der Waals surface area contributed by atoms with Crippen molar-refractivity contribution in [3.63, 3.8) is 0 Å². The van der Waals surface area contributed by atoms with Crippen LogP contribution in [0.5, 0.6) is 0 Å². The molecule has 0 aliphatic heterocycles. The van der Waals surface area contributed by atoms with E-state index in [0.29, 0.717) is 34.0 Å². The van der Waals surface area contributed by atoms with Gasteiger partial charge in [-0.25, -0.2) is 4.98 Å². The van der Waals surface area contributed by atoms with E-state index >= 15 is 0 Å². The van der Waals surface area contributed by atoms with Gasteiger partial charge in [0.1, 0.15) is 11.6 Å². The number of aromatic nitrogens is 2. The fraction of sp³-hybridized carbons (Fsp3) is 0.278. The third-order valence-electron chi connectivity index (χ3n) is 3.93. The molecule has 0 saturated heterocycles. The largest absolute Gasteiger partial charge is 0.469 e. The Bertz CT molecular complexity index is 935. The molecule has 23 heavy (non-hydrogen) atoms. The van der Waals surface area contributed by atoms with Crippen molar-refractivity contribution in [3.05, 3.63) is 63.6 Å². The number of carbonyl (C=O) groups excluding carboxylic acids is 1. The Hall–Kier alpha value is -2.69. The van der Waals surface area contributed by atoms with Crippen LogP contribution >= 0.6 is 0 Å². The number of hydrogen-bond acceptors (Lipinski definition) is 4. The Balaban J connectivity index is 1.97. The molecule has 3 rings (SSSR count). The van der Waals surface area contributed by atoms with E-state index in [1.54, 1.807) is 13.0 Å². The van der Waals surface area contributed by atoms with Crippen LogP contribution in [0, 0.1) is 6.92 Å². The second kappa shape index (κ2) is 5.83. The zero-order valence-corrected chi connectivity index (χ0v) is 13.3. The van der Waals surface area contributed by atoms with Gasteiger partial charge in [0, 0.05) is 0 Å². The lowest BCUT2D eigenvalue weighted by atomic mass is 10.0. The average molecular weight is 310 g/mol. The van der Waals surface area contributed by atoms with Crippen LogP contribution in [0.2, 0.25) is 0 Å². The second-order valence-corrected chi connectivity index (χ2v) is 5.93. The summed E-state index contributed by atoms with van der Waals surface area (Å²) in [4.78, 5) is 31.7. The minimum absolute atomic E-state index is 0.0392. The van der Waals surface area contributed by atoms with Gasteiger partial charge in [-0.2, -0.15) is 0 Å². The standard InChI is InChI=1S/C18H18N2O3/c1-10(2)12-4-5-15-14(8-12)18(22)20-17(19-15)9-16(21)13-6-7-23-11(13)3/h4-8,10H,9H2,1-3H3,(H,19,20,22). The van der Waals surface area contributed by atoms with Crippen LogP contribution in [0.25, 0.3) is 10.9 Å². The van der Waals surface area contributed by atoms with Crippen LogP contribution in [0.1, 0.15) is 47.3 Å². The predicted octanol–water partition coefficient (Wildman–Crippen LogP) is 3.37. The molecule has 3 aromatic rings. The number of fused-ring (bicyclic) bond motifs is 1. The van der Waals surface area contributed by atoms with Gasteiger partial charge >= 0.3 is 0 Å². The number of nitrogens with one attached hydrogen (secondary N) is 1. The lowest BCUT2D eigenvalue weighted by molar-refractivity contribution is 0.0989. The highest BCUT2D eigenvalue weighted by molar-refractivity contribution is 5.98. The van der Waals surface area contributed by atoms with Crippen molar-refractivity contribution >= 4 is 16.7 Å². The van der Waals surface area contributed by atoms with Gasteiger partial charge in [-0.3, -0.25) is 9.59 Å². The number of furan rings is 1. The molecule has 2 heterocycles. The Labute approximate surface area is 133 Å². The van der Waals surface area contributed by atoms with Crippen LogP contribution in [-0.4, -0.2) is 15.8 Å². The fourth-order valence-electron chi connectivity index (χ4n) is 2.57. The van der Waals surface area contributed by atoms with Crippen LogP contribution < -0.4 is 5.56 Å². The second-order valence-electron chi connectivity index (χ2n) is 5.93. The molecule has 0 atom stereocenters. The number of aryl methyl sites for hydroxylation is 1. The van der Waals surface area contributed by atoms with Crippen LogP contribution in [0.4, 0.5) is 0 Å². The van der Waals surface area contributed by atoms with Crippen LogP contribution in [0.15, 0.2) is 39.7 Å².